The normalized spacial score (nSPS) is 17.9. The highest BCUT2D eigenvalue weighted by Crippen LogP contribution is 2.55. The first-order chi connectivity index (χ1) is 67.2. The predicted octanol–water partition coefficient (Wildman–Crippen LogP) is 21.6. The number of alkyl carbamates (subject to hydrolysis) is 2. The number of alkyl halides is 4. The molecule has 12 aromatic rings. The van der Waals surface area contributed by atoms with Crippen LogP contribution in [0.4, 0.5) is 31.9 Å². The Morgan fingerprint density at radius 3 is 1.01 bits per heavy atom. The Morgan fingerprint density at radius 2 is 0.693 bits per heavy atom. The Kier molecular flexibility index (Phi) is 29.6. The first-order valence-electron chi connectivity index (χ1n) is 48.4. The van der Waals surface area contributed by atoms with Gasteiger partial charge in [0.1, 0.15) is 53.1 Å². The van der Waals surface area contributed by atoms with E-state index in [0.29, 0.717) is 112 Å². The smallest absolute Gasteiger partial charge is 0.410 e. The fourth-order valence-corrected chi connectivity index (χ4v) is 20.4. The minimum Gasteiger partial charge on any atom is -0.480 e. The van der Waals surface area contributed by atoms with Gasteiger partial charge in [0.2, 0.25) is 17.7 Å². The average Bonchev–Trinajstić information content (AvgIpc) is 1.57. The van der Waals surface area contributed by atoms with E-state index in [1.54, 1.807) is 75.9 Å². The van der Waals surface area contributed by atoms with Crippen LogP contribution >= 0.6 is 0 Å². The molecular formula is C109H122F4N16O11. The lowest BCUT2D eigenvalue weighted by atomic mass is 9.97. The number of hydrogen-bond donors (Lipinski definition) is 7. The number of aromatic nitrogens is 8. The lowest BCUT2D eigenvalue weighted by molar-refractivity contribution is -0.143. The molecule has 31 heteroatoms. The number of ether oxygens (including phenoxy) is 3. The Bertz CT molecular complexity index is 6460. The van der Waals surface area contributed by atoms with E-state index in [1.165, 1.54) is 26.4 Å². The van der Waals surface area contributed by atoms with Crippen LogP contribution in [0.3, 0.4) is 0 Å². The van der Waals surface area contributed by atoms with Crippen LogP contribution in [0.25, 0.3) is 89.5 Å². The van der Waals surface area contributed by atoms with Gasteiger partial charge in [-0.3, -0.25) is 33.9 Å². The number of carboxylic acids is 1. The van der Waals surface area contributed by atoms with Gasteiger partial charge in [0.05, 0.1) is 86.0 Å². The number of amides is 6. The van der Waals surface area contributed by atoms with Crippen LogP contribution in [-0.4, -0.2) is 201 Å². The number of benzene rings is 8. The van der Waals surface area contributed by atoms with Gasteiger partial charge in [0, 0.05) is 59.6 Å². The van der Waals surface area contributed by atoms with Crippen molar-refractivity contribution in [2.24, 2.45) is 11.8 Å². The second-order valence-electron chi connectivity index (χ2n) is 38.1. The molecule has 4 aliphatic heterocycles. The molecule has 140 heavy (non-hydrogen) atoms. The Labute approximate surface area is 812 Å². The second-order valence-corrected chi connectivity index (χ2v) is 38.1. The summed E-state index contributed by atoms with van der Waals surface area (Å²) >= 11 is 0. The molecule has 2 aliphatic carbocycles. The largest absolute Gasteiger partial charge is 0.480 e. The van der Waals surface area contributed by atoms with E-state index >= 15 is 17.6 Å². The highest BCUT2D eigenvalue weighted by atomic mass is 19.3. The van der Waals surface area contributed by atoms with Gasteiger partial charge in [0.25, 0.3) is 11.8 Å². The molecule has 8 atom stereocenters. The van der Waals surface area contributed by atoms with Gasteiger partial charge in [-0.25, -0.2) is 34.3 Å². The number of imidazole rings is 4. The highest BCUT2D eigenvalue weighted by molar-refractivity contribution is 5.90. The molecule has 8 aromatic carbocycles. The number of likely N-dealkylation sites (tertiary alicyclic amines) is 4. The predicted molar refractivity (Wildman–Crippen MR) is 527 cm³/mol. The number of aliphatic carboxylic acids is 1. The van der Waals surface area contributed by atoms with Crippen molar-refractivity contribution >= 4 is 42.0 Å². The van der Waals surface area contributed by atoms with Crippen LogP contribution in [0.2, 0.25) is 0 Å². The van der Waals surface area contributed by atoms with Crippen LogP contribution in [0.15, 0.2) is 207 Å². The number of aromatic amines is 4. The van der Waals surface area contributed by atoms with Crippen LogP contribution in [0, 0.1) is 11.8 Å². The number of carbonyl (C=O) groups excluding carboxylic acids is 6. The molecular weight excluding hydrogens is 1790 g/mol. The monoisotopic (exact) mass is 1910 g/mol. The summed E-state index contributed by atoms with van der Waals surface area (Å²) in [6.07, 6.45) is 11.3. The summed E-state index contributed by atoms with van der Waals surface area (Å²) in [5.41, 5.74) is 11.5. The standard InChI is InChI=1S/C52H56F2N8O4.C45H49F2N7O5.C12H17NO2/c1-6-60(7-2)46(34-13-9-8-10-14-34)50(64)62-26-12-16-44(62)48-55-29-41(57-48)33-19-17-32(18-20-33)35-21-23-37-38-24-22-36(28-40(38)52(53,54)39(37)27-35)42-30-56-47(58-42)43-15-11-25-61(43)49(63)45(31(3)4)59-51(65)66-5;1-25(2)38(52-42(56)58-6)41(55)53-19-7-9-36(53)39-49-24-35(51-39)29-16-18-31-30-17-15-28(21-32(30)45(46,47)33(31)22-29)26-11-13-27(14-12-26)34-23-48-40(50-34)37-10-8-20-54(37)43(57)59-44(3,4)5;1-3-13(4-2)11(12(14)15)10-8-6-5-7-9-10/h8-10,13-14,17-24,27-31,43-46H,6-7,11-12,15-16,25-26H2,1-5H3,(H,55,57)(H,56,58)(H,59,65);11-18,21-25,36-38H,7-10,19-20H2,1-6H3,(H,48,50)(H,49,51)(H,52,56);5-9,11H,3-4H2,1-2H3,(H,14,15)/t43-,44-,45-,46?;36-,37-,38-;11-/m001/s1. The fraction of sp³-hybridized carbons (Fsp3) is 0.385. The first-order valence-corrected chi connectivity index (χ1v) is 48.4. The molecule has 4 fully saturated rings. The molecule has 6 amide bonds. The topological polar surface area (TPSA) is 326 Å². The SMILES string of the molecule is CCN(CC)C(C(=O)N1CCC[C@H]1c1ncc(-c2ccc(-c3ccc4c(c3)C(F)(F)c3cc(-c5cnc([C@@H]6CCCN6C(=O)[C@@H](NC(=O)OC)C(C)C)[nH]5)ccc3-4)cc2)[nH]1)c1ccccc1.CCN(CC)[C@@H](C(=O)O)c1ccccc1.COC(=O)N[C@H](C(=O)N1CCC[C@H]1c1ncc(-c2ccc3c(c2)C(F)(F)c2cc(-c4ccc(-c5cnc([C@@H]6CCCN6C(=O)OC(C)(C)C)[nH]5)cc4)ccc2-3)[nH]1)C(C)C. The van der Waals surface area contributed by atoms with Crippen LogP contribution in [0.1, 0.15) is 220 Å². The maximum absolute atomic E-state index is 16.5. The van der Waals surface area contributed by atoms with Gasteiger partial charge in [-0.15, -0.1) is 0 Å². The van der Waals surface area contributed by atoms with Crippen molar-refractivity contribution in [3.8, 4) is 89.5 Å². The Morgan fingerprint density at radius 1 is 0.407 bits per heavy atom. The van der Waals surface area contributed by atoms with Crippen molar-refractivity contribution in [2.45, 2.75) is 193 Å². The molecule has 6 aliphatic rings. The number of rotatable bonds is 26. The van der Waals surface area contributed by atoms with Gasteiger partial charge in [0.15, 0.2) is 0 Å². The van der Waals surface area contributed by atoms with E-state index in [1.807, 2.05) is 206 Å². The van der Waals surface area contributed by atoms with Gasteiger partial charge in [-0.1, -0.05) is 213 Å². The molecule has 4 aromatic heterocycles. The van der Waals surface area contributed by atoms with E-state index in [0.717, 1.165) is 115 Å². The summed E-state index contributed by atoms with van der Waals surface area (Å²) in [6.45, 7) is 26.4. The van der Waals surface area contributed by atoms with E-state index in [4.69, 9.17) is 19.2 Å². The third-order valence-corrected chi connectivity index (χ3v) is 27.7. The van der Waals surface area contributed by atoms with Crippen molar-refractivity contribution < 1.29 is 70.4 Å². The maximum atomic E-state index is 16.5. The molecule has 27 nitrogen and oxygen atoms in total. The van der Waals surface area contributed by atoms with Crippen molar-refractivity contribution in [2.75, 3.05) is 66.6 Å². The van der Waals surface area contributed by atoms with Crippen molar-refractivity contribution in [1.82, 2.24) is 79.9 Å². The molecule has 0 spiro atoms. The van der Waals surface area contributed by atoms with Gasteiger partial charge >= 0.3 is 24.2 Å². The number of H-pyrrole nitrogens is 4. The first kappa shape index (κ1) is 99.0. The number of nitrogens with one attached hydrogen (secondary N) is 6. The quantitative estimate of drug-likeness (QED) is 0.0196. The molecule has 8 heterocycles. The molecule has 1 unspecified atom stereocenters. The third kappa shape index (κ3) is 20.4. The number of hydrogen-bond acceptors (Lipinski definition) is 16. The summed E-state index contributed by atoms with van der Waals surface area (Å²) in [5.74, 6) is -5.42. The van der Waals surface area contributed by atoms with E-state index in [9.17, 15) is 38.7 Å². The zero-order chi connectivity index (χ0) is 99.3. The van der Waals surface area contributed by atoms with Crippen molar-refractivity contribution in [3.63, 3.8) is 0 Å². The van der Waals surface area contributed by atoms with Crippen LogP contribution in [0.5, 0.6) is 0 Å². The summed E-state index contributed by atoms with van der Waals surface area (Å²) in [6, 6.07) is 51.9. The van der Waals surface area contributed by atoms with Crippen molar-refractivity contribution in [3.05, 3.63) is 263 Å². The van der Waals surface area contributed by atoms with E-state index in [-0.39, 0.29) is 88.1 Å². The molecule has 4 saturated heterocycles. The number of carboxylic acid groups (broad SMARTS) is 1. The van der Waals surface area contributed by atoms with Crippen LogP contribution in [-0.2, 0) is 45.2 Å². The fourth-order valence-electron chi connectivity index (χ4n) is 20.4. The highest BCUT2D eigenvalue weighted by Gasteiger charge is 2.49. The van der Waals surface area contributed by atoms with Gasteiger partial charge in [-0.2, -0.15) is 17.6 Å². The van der Waals surface area contributed by atoms with Gasteiger partial charge in [-0.05, 0) is 201 Å². The number of likely N-dealkylation sites (N-methyl/N-ethyl adjacent to an activating group) is 2. The summed E-state index contributed by atoms with van der Waals surface area (Å²) < 4.78 is 80.9. The minimum absolute atomic E-state index is 0.0497. The summed E-state index contributed by atoms with van der Waals surface area (Å²) in [4.78, 5) is 133. The molecule has 732 valence electrons. The Hall–Kier alpha value is -14.1. The zero-order valence-electron chi connectivity index (χ0n) is 81.2. The number of halogens is 4. The molecule has 0 saturated carbocycles. The minimum atomic E-state index is -3.25. The Balaban J connectivity index is 0.000000176. The zero-order valence-corrected chi connectivity index (χ0v) is 81.2. The average molecular weight is 1910 g/mol. The number of fused-ring (bicyclic) bond motifs is 6. The lowest BCUT2D eigenvalue weighted by Gasteiger charge is -2.34. The number of carbonyl (C=O) groups is 7. The molecule has 18 rings (SSSR count). The summed E-state index contributed by atoms with van der Waals surface area (Å²) in [5, 5.41) is 14.5. The summed E-state index contributed by atoms with van der Waals surface area (Å²) in [7, 11) is 2.51. The second kappa shape index (κ2) is 41.9. The number of nitrogens with zero attached hydrogens (tertiary/aromatic N) is 10. The molecule has 7 N–H and O–H groups in total. The van der Waals surface area contributed by atoms with Crippen molar-refractivity contribution in [1.29, 1.82) is 0 Å². The molecule has 0 radical (unpaired) electrons. The maximum Gasteiger partial charge on any atom is 0.410 e. The van der Waals surface area contributed by atoms with E-state index < -0.39 is 53.7 Å². The van der Waals surface area contributed by atoms with Gasteiger partial charge < -0.3 is 64.6 Å². The molecule has 0 bridgehead atoms. The number of methoxy groups -OCH3 is 2. The van der Waals surface area contributed by atoms with Crippen LogP contribution < -0.4 is 10.6 Å². The van der Waals surface area contributed by atoms with E-state index in [2.05, 4.69) is 64.3 Å². The lowest BCUT2D eigenvalue weighted by Crippen LogP contribution is -2.51. The third-order valence-electron chi connectivity index (χ3n) is 27.7.